The van der Waals surface area contributed by atoms with Crippen LogP contribution in [0, 0.1) is 11.8 Å². The zero-order valence-corrected chi connectivity index (χ0v) is 11.0. The predicted molar refractivity (Wildman–Crippen MR) is 67.0 cm³/mol. The number of benzene rings is 1. The molecular weight excluding hydrogens is 271 g/mol. The highest BCUT2D eigenvalue weighted by Gasteiger charge is 2.34. The third-order valence-electron chi connectivity index (χ3n) is 3.69. The summed E-state index contributed by atoms with van der Waals surface area (Å²) in [5, 5.41) is 9.04. The maximum Gasteiger partial charge on any atom is 0.416 e. The van der Waals surface area contributed by atoms with Gasteiger partial charge in [-0.1, -0.05) is 19.1 Å². The van der Waals surface area contributed by atoms with Gasteiger partial charge in [0.05, 0.1) is 11.5 Å². The van der Waals surface area contributed by atoms with Crippen LogP contribution in [0.3, 0.4) is 0 Å². The number of rotatable bonds is 3. The lowest BCUT2D eigenvalue weighted by atomic mass is 9.99. The van der Waals surface area contributed by atoms with E-state index in [1.54, 1.807) is 0 Å². The Balaban J connectivity index is 2.00. The lowest BCUT2D eigenvalue weighted by Crippen LogP contribution is -2.23. The molecule has 0 saturated carbocycles. The van der Waals surface area contributed by atoms with Gasteiger partial charge in [0, 0.05) is 19.6 Å². The fraction of sp³-hybridized carbons (Fsp3) is 0.500. The molecular formula is C14H16F3NO2. The van der Waals surface area contributed by atoms with E-state index >= 15 is 0 Å². The van der Waals surface area contributed by atoms with Crippen LogP contribution in [0.5, 0.6) is 0 Å². The van der Waals surface area contributed by atoms with E-state index in [2.05, 4.69) is 0 Å². The average molecular weight is 287 g/mol. The first kappa shape index (κ1) is 14.8. The smallest absolute Gasteiger partial charge is 0.416 e. The topological polar surface area (TPSA) is 40.5 Å². The molecule has 1 saturated heterocycles. The summed E-state index contributed by atoms with van der Waals surface area (Å²) in [4.78, 5) is 13.0. The van der Waals surface area contributed by atoms with Gasteiger partial charge in [-0.3, -0.25) is 9.69 Å². The van der Waals surface area contributed by atoms with Gasteiger partial charge >= 0.3 is 12.1 Å². The lowest BCUT2D eigenvalue weighted by molar-refractivity contribution is -0.142. The van der Waals surface area contributed by atoms with Crippen molar-refractivity contribution in [3.05, 3.63) is 35.4 Å². The van der Waals surface area contributed by atoms with Gasteiger partial charge in [-0.05, 0) is 23.6 Å². The molecule has 1 aromatic rings. The molecule has 1 fully saturated rings. The largest absolute Gasteiger partial charge is 0.481 e. The second-order valence-electron chi connectivity index (χ2n) is 5.31. The molecule has 0 aromatic heterocycles. The van der Waals surface area contributed by atoms with E-state index in [0.717, 1.165) is 17.7 Å². The van der Waals surface area contributed by atoms with Crippen molar-refractivity contribution in [3.63, 3.8) is 0 Å². The molecule has 6 heteroatoms. The van der Waals surface area contributed by atoms with Crippen molar-refractivity contribution in [2.75, 3.05) is 13.1 Å². The molecule has 1 N–H and O–H groups in total. The number of hydrogen-bond acceptors (Lipinski definition) is 2. The molecule has 1 aliphatic heterocycles. The van der Waals surface area contributed by atoms with Gasteiger partial charge in [-0.2, -0.15) is 13.2 Å². The predicted octanol–water partition coefficient (Wildman–Crippen LogP) is 2.86. The van der Waals surface area contributed by atoms with Crippen molar-refractivity contribution in [1.82, 2.24) is 4.90 Å². The standard InChI is InChI=1S/C14H16F3NO2/c1-9-6-18(8-12(9)13(19)20)7-10-2-4-11(5-3-10)14(15,16)17/h2-5,9,12H,6-8H2,1H3,(H,19,20)/t9-,12-/m1/s1. The van der Waals surface area contributed by atoms with Crippen LogP contribution in [0.1, 0.15) is 18.1 Å². The molecule has 0 amide bonds. The van der Waals surface area contributed by atoms with Crippen LogP contribution in [-0.2, 0) is 17.5 Å². The molecule has 0 unspecified atom stereocenters. The second kappa shape index (κ2) is 5.44. The van der Waals surface area contributed by atoms with E-state index in [-0.39, 0.29) is 5.92 Å². The van der Waals surface area contributed by atoms with Gasteiger partial charge in [-0.15, -0.1) is 0 Å². The quantitative estimate of drug-likeness (QED) is 0.929. The minimum Gasteiger partial charge on any atom is -0.481 e. The van der Waals surface area contributed by atoms with Gasteiger partial charge in [0.25, 0.3) is 0 Å². The number of nitrogens with zero attached hydrogens (tertiary/aromatic N) is 1. The molecule has 2 atom stereocenters. The molecule has 110 valence electrons. The summed E-state index contributed by atoms with van der Waals surface area (Å²) in [6.07, 6.45) is -4.32. The summed E-state index contributed by atoms with van der Waals surface area (Å²) in [7, 11) is 0. The number of halogens is 3. The summed E-state index contributed by atoms with van der Waals surface area (Å²) in [6.45, 7) is 3.45. The zero-order chi connectivity index (χ0) is 14.9. The minimum absolute atomic E-state index is 0.0574. The summed E-state index contributed by atoms with van der Waals surface area (Å²) in [6, 6.07) is 5.01. The highest BCUT2D eigenvalue weighted by Crippen LogP contribution is 2.30. The maximum atomic E-state index is 12.4. The molecule has 0 spiro atoms. The molecule has 20 heavy (non-hydrogen) atoms. The number of alkyl halides is 3. The first-order valence-electron chi connectivity index (χ1n) is 6.38. The second-order valence-corrected chi connectivity index (χ2v) is 5.31. The van der Waals surface area contributed by atoms with Crippen molar-refractivity contribution in [2.45, 2.75) is 19.6 Å². The monoisotopic (exact) mass is 287 g/mol. The first-order chi connectivity index (χ1) is 9.27. The molecule has 3 nitrogen and oxygen atoms in total. The van der Waals surface area contributed by atoms with Crippen LogP contribution < -0.4 is 0 Å². The van der Waals surface area contributed by atoms with Gasteiger partial charge in [-0.25, -0.2) is 0 Å². The molecule has 0 radical (unpaired) electrons. The van der Waals surface area contributed by atoms with Crippen LogP contribution >= 0.6 is 0 Å². The van der Waals surface area contributed by atoms with Gasteiger partial charge in [0.2, 0.25) is 0 Å². The normalized spacial score (nSPS) is 24.0. The molecule has 1 heterocycles. The SMILES string of the molecule is C[C@@H]1CN(Cc2ccc(C(F)(F)F)cc2)C[C@H]1C(=O)O. The Morgan fingerprint density at radius 2 is 1.90 bits per heavy atom. The van der Waals surface area contributed by atoms with Crippen molar-refractivity contribution < 1.29 is 23.1 Å². The van der Waals surface area contributed by atoms with Gasteiger partial charge in [0.15, 0.2) is 0 Å². The van der Waals surface area contributed by atoms with E-state index in [9.17, 15) is 18.0 Å². The number of carboxylic acid groups (broad SMARTS) is 1. The number of aliphatic carboxylic acids is 1. The molecule has 0 bridgehead atoms. The molecule has 1 aliphatic rings. The maximum absolute atomic E-state index is 12.4. The van der Waals surface area contributed by atoms with Crippen LogP contribution in [0.25, 0.3) is 0 Å². The highest BCUT2D eigenvalue weighted by molar-refractivity contribution is 5.71. The third-order valence-corrected chi connectivity index (χ3v) is 3.69. The van der Waals surface area contributed by atoms with Crippen molar-refractivity contribution in [3.8, 4) is 0 Å². The Hall–Kier alpha value is -1.56. The third kappa shape index (κ3) is 3.30. The molecule has 2 rings (SSSR count). The average Bonchev–Trinajstić information content (AvgIpc) is 2.70. The van der Waals surface area contributed by atoms with E-state index in [1.165, 1.54) is 12.1 Å². The molecule has 1 aromatic carbocycles. The number of likely N-dealkylation sites (tertiary alicyclic amines) is 1. The van der Waals surface area contributed by atoms with Crippen LogP contribution in [0.15, 0.2) is 24.3 Å². The van der Waals surface area contributed by atoms with E-state index in [4.69, 9.17) is 5.11 Å². The fourth-order valence-electron chi connectivity index (χ4n) is 2.58. The zero-order valence-electron chi connectivity index (χ0n) is 11.0. The fourth-order valence-corrected chi connectivity index (χ4v) is 2.58. The molecule has 0 aliphatic carbocycles. The Morgan fingerprint density at radius 3 is 2.35 bits per heavy atom. The summed E-state index contributed by atoms with van der Waals surface area (Å²) in [5.74, 6) is -1.15. The summed E-state index contributed by atoms with van der Waals surface area (Å²) >= 11 is 0. The Kier molecular flexibility index (Phi) is 4.04. The summed E-state index contributed by atoms with van der Waals surface area (Å²) in [5.41, 5.74) is 0.0932. The van der Waals surface area contributed by atoms with E-state index in [0.29, 0.717) is 19.6 Å². The minimum atomic E-state index is -4.32. The van der Waals surface area contributed by atoms with E-state index in [1.807, 2.05) is 11.8 Å². The van der Waals surface area contributed by atoms with Crippen LogP contribution in [-0.4, -0.2) is 29.1 Å². The van der Waals surface area contributed by atoms with Crippen molar-refractivity contribution in [2.24, 2.45) is 11.8 Å². The number of carbonyl (C=O) groups is 1. The first-order valence-corrected chi connectivity index (χ1v) is 6.38. The van der Waals surface area contributed by atoms with Gasteiger partial charge in [0.1, 0.15) is 0 Å². The summed E-state index contributed by atoms with van der Waals surface area (Å²) < 4.78 is 37.3. The Labute approximate surface area is 115 Å². The lowest BCUT2D eigenvalue weighted by Gasteiger charge is -2.16. The Morgan fingerprint density at radius 1 is 1.30 bits per heavy atom. The number of carboxylic acids is 1. The van der Waals surface area contributed by atoms with Crippen LogP contribution in [0.4, 0.5) is 13.2 Å². The van der Waals surface area contributed by atoms with Crippen molar-refractivity contribution >= 4 is 5.97 Å². The Bertz CT molecular complexity index is 484. The van der Waals surface area contributed by atoms with E-state index < -0.39 is 23.6 Å². The van der Waals surface area contributed by atoms with Gasteiger partial charge < -0.3 is 5.11 Å². The highest BCUT2D eigenvalue weighted by atomic mass is 19.4. The van der Waals surface area contributed by atoms with Crippen LogP contribution in [0.2, 0.25) is 0 Å². The number of hydrogen-bond donors (Lipinski definition) is 1. The van der Waals surface area contributed by atoms with Crippen molar-refractivity contribution in [1.29, 1.82) is 0 Å².